The Morgan fingerprint density at radius 1 is 0.415 bits per heavy atom. The second-order valence-electron chi connectivity index (χ2n) is 16.0. The van der Waals surface area contributed by atoms with Crippen molar-refractivity contribution < 1.29 is 54.3 Å². The molecular weight excluding hydrogens is 864 g/mol. The minimum atomic E-state index is 0. The molecule has 0 unspecified atom stereocenters. The zero-order chi connectivity index (χ0) is 44.5. The second-order valence-corrected chi connectivity index (χ2v) is 16.0. The standard InChI is InChI=1S/C48H56N12O4.Mn/c1-53-17-21-57(25-29-61-5)45(53)41-33-9-11-35(49-33)42(46-54(2)18-22-58(46)26-30-62-6)37-13-15-39(51-37)44(48-56(4)20-24-60(48)28-32-64-8)40-16-14-38(52-40)43(36-12-10-34(41)50-36)47-55(3)19-23-59(47)27-31-63-7;/h9-24H,25-32H2,1-8H3;/q2*+2. The Bertz CT molecular complexity index is 2690. The molecule has 1 radical (unpaired) electrons. The van der Waals surface area contributed by atoms with Gasteiger partial charge < -0.3 is 28.9 Å². The first-order valence-corrected chi connectivity index (χ1v) is 21.5. The van der Waals surface area contributed by atoms with Gasteiger partial charge in [0.1, 0.15) is 75.8 Å². The minimum absolute atomic E-state index is 0. The van der Waals surface area contributed by atoms with Crippen LogP contribution in [0.25, 0.3) is 91.9 Å². The van der Waals surface area contributed by atoms with Gasteiger partial charge in [0.05, 0.1) is 99.6 Å². The van der Waals surface area contributed by atoms with Crippen molar-refractivity contribution in [2.24, 2.45) is 28.2 Å². The van der Waals surface area contributed by atoms with Crippen molar-refractivity contribution in [2.45, 2.75) is 26.2 Å². The second kappa shape index (κ2) is 19.5. The maximum absolute atomic E-state index is 5.59. The SMILES string of the molecule is COCC[n+]1ccn(C)c1-c1c2nc(c(-c3n(C)cc[n+]3CCOC)c3ccc([n-]3)c(-c3n(C)cc[n+]3CCOC)c3nc(c(-c4n(C)cc[n+]4CCOC)c4ccc1[n-]4)C=C3)C=C2.[Mn+2]. The van der Waals surface area contributed by atoms with Crippen molar-refractivity contribution in [3.8, 4) is 45.6 Å². The van der Waals surface area contributed by atoms with Crippen molar-refractivity contribution in [1.29, 1.82) is 0 Å². The topological polar surface area (TPSA) is 126 Å². The van der Waals surface area contributed by atoms with Gasteiger partial charge in [-0.15, -0.1) is 22.1 Å². The van der Waals surface area contributed by atoms with Crippen LogP contribution in [0.4, 0.5) is 0 Å². The van der Waals surface area contributed by atoms with E-state index >= 15 is 0 Å². The molecule has 9 rings (SSSR count). The Kier molecular flexibility index (Phi) is 13.6. The van der Waals surface area contributed by atoms with Crippen molar-refractivity contribution >= 4 is 46.4 Å². The fourth-order valence-corrected chi connectivity index (χ4v) is 8.86. The number of imidazole rings is 4. The normalized spacial score (nSPS) is 12.2. The van der Waals surface area contributed by atoms with Gasteiger partial charge in [-0.2, -0.15) is 0 Å². The maximum Gasteiger partial charge on any atom is 2.00 e. The molecular formula is C48H56MnN12O4+4. The molecule has 0 saturated heterocycles. The number of hydrogen-bond donors (Lipinski definition) is 0. The Hall–Kier alpha value is -6.20. The third-order valence-corrected chi connectivity index (χ3v) is 12.0. The molecule has 0 aliphatic carbocycles. The summed E-state index contributed by atoms with van der Waals surface area (Å²) < 4.78 is 39.7. The molecule has 0 saturated carbocycles. The predicted molar refractivity (Wildman–Crippen MR) is 243 cm³/mol. The molecule has 2 aliphatic heterocycles. The van der Waals surface area contributed by atoms with E-state index in [1.165, 1.54) is 0 Å². The molecule has 0 amide bonds. The first kappa shape index (κ1) is 45.4. The molecule has 0 fully saturated rings. The van der Waals surface area contributed by atoms with Crippen LogP contribution >= 0.6 is 0 Å². The molecule has 8 bridgehead atoms. The molecule has 16 nitrogen and oxygen atoms in total. The van der Waals surface area contributed by atoms with E-state index in [9.17, 15) is 0 Å². The van der Waals surface area contributed by atoms with Crippen LogP contribution in [0, 0.1) is 0 Å². The van der Waals surface area contributed by atoms with E-state index in [0.29, 0.717) is 52.6 Å². The molecule has 7 aromatic heterocycles. The summed E-state index contributed by atoms with van der Waals surface area (Å²) in [7, 11) is 15.1. The van der Waals surface area contributed by atoms with Crippen LogP contribution in [0.2, 0.25) is 0 Å². The number of rotatable bonds is 16. The van der Waals surface area contributed by atoms with Gasteiger partial charge in [0, 0.05) is 28.4 Å². The Morgan fingerprint density at radius 2 is 0.646 bits per heavy atom. The van der Waals surface area contributed by atoms with Crippen LogP contribution in [0.5, 0.6) is 0 Å². The van der Waals surface area contributed by atoms with Gasteiger partial charge in [-0.25, -0.2) is 46.5 Å². The van der Waals surface area contributed by atoms with Gasteiger partial charge in [0.15, 0.2) is 0 Å². The predicted octanol–water partition coefficient (Wildman–Crippen LogP) is 3.67. The first-order valence-electron chi connectivity index (χ1n) is 21.5. The minimum Gasteiger partial charge on any atom is -0.656 e. The van der Waals surface area contributed by atoms with E-state index in [1.54, 1.807) is 28.4 Å². The van der Waals surface area contributed by atoms with E-state index in [-0.39, 0.29) is 17.1 Å². The summed E-state index contributed by atoms with van der Waals surface area (Å²) in [4.78, 5) is 22.2. The molecule has 0 spiro atoms. The van der Waals surface area contributed by atoms with Crippen LogP contribution < -0.4 is 28.2 Å². The van der Waals surface area contributed by atoms with Crippen molar-refractivity contribution in [1.82, 2.24) is 38.2 Å². The van der Waals surface area contributed by atoms with Crippen molar-refractivity contribution in [3.05, 3.63) is 96.6 Å². The number of aromatic nitrogens is 12. The molecule has 7 aromatic rings. The van der Waals surface area contributed by atoms with E-state index in [0.717, 1.165) is 90.4 Å². The zero-order valence-corrected chi connectivity index (χ0v) is 39.5. The molecule has 335 valence electrons. The fraction of sp³-hybridized carbons (Fsp3) is 0.333. The monoisotopic (exact) mass is 919 g/mol. The summed E-state index contributed by atoms with van der Waals surface area (Å²) >= 11 is 0. The molecule has 0 atom stereocenters. The van der Waals surface area contributed by atoms with Gasteiger partial charge in [-0.3, -0.25) is 0 Å². The van der Waals surface area contributed by atoms with E-state index in [4.69, 9.17) is 38.9 Å². The van der Waals surface area contributed by atoms with Crippen LogP contribution in [0.1, 0.15) is 22.8 Å². The number of aryl methyl sites for hydroxylation is 4. The molecule has 2 aliphatic rings. The number of methoxy groups -OCH3 is 4. The van der Waals surface area contributed by atoms with E-state index in [1.807, 2.05) is 0 Å². The van der Waals surface area contributed by atoms with Gasteiger partial charge >= 0.3 is 17.1 Å². The van der Waals surface area contributed by atoms with Gasteiger partial charge in [0.25, 0.3) is 23.3 Å². The summed E-state index contributed by atoms with van der Waals surface area (Å²) in [5.41, 5.74) is 9.78. The summed E-state index contributed by atoms with van der Waals surface area (Å²) in [5, 5.41) is 0. The zero-order valence-electron chi connectivity index (χ0n) is 38.3. The third kappa shape index (κ3) is 8.47. The fourth-order valence-electron chi connectivity index (χ4n) is 8.86. The maximum atomic E-state index is 5.59. The molecule has 0 N–H and O–H groups in total. The third-order valence-electron chi connectivity index (χ3n) is 12.0. The summed E-state index contributed by atoms with van der Waals surface area (Å²) in [6, 6.07) is 8.40. The Balaban J connectivity index is 0.00000576. The van der Waals surface area contributed by atoms with Crippen LogP contribution in [-0.2, 0) is 90.4 Å². The van der Waals surface area contributed by atoms with E-state index < -0.39 is 0 Å². The Labute approximate surface area is 388 Å². The number of hydrogen-bond acceptors (Lipinski definition) is 6. The summed E-state index contributed by atoms with van der Waals surface area (Å²) in [5.74, 6) is 3.79. The summed E-state index contributed by atoms with van der Waals surface area (Å²) in [6.07, 6.45) is 25.0. The van der Waals surface area contributed by atoms with Gasteiger partial charge in [0.2, 0.25) is 0 Å². The molecule has 65 heavy (non-hydrogen) atoms. The smallest absolute Gasteiger partial charge is 0.656 e. The molecule has 0 aromatic carbocycles. The first-order chi connectivity index (χ1) is 31.2. The molecule has 9 heterocycles. The number of fused-ring (bicyclic) bond motifs is 8. The van der Waals surface area contributed by atoms with Crippen molar-refractivity contribution in [3.63, 3.8) is 0 Å². The summed E-state index contributed by atoms with van der Waals surface area (Å²) in [6.45, 7) is 4.73. The van der Waals surface area contributed by atoms with Gasteiger partial charge in [-0.05, 0) is 24.3 Å². The largest absolute Gasteiger partial charge is 2.00 e. The van der Waals surface area contributed by atoms with Crippen LogP contribution in [0.3, 0.4) is 0 Å². The quantitative estimate of drug-likeness (QED) is 0.106. The van der Waals surface area contributed by atoms with Crippen LogP contribution in [-0.4, -0.2) is 83.1 Å². The Morgan fingerprint density at radius 3 is 0.862 bits per heavy atom. The van der Waals surface area contributed by atoms with Gasteiger partial charge in [-0.1, -0.05) is 24.3 Å². The van der Waals surface area contributed by atoms with Crippen molar-refractivity contribution in [2.75, 3.05) is 54.9 Å². The average molecular weight is 920 g/mol. The number of ether oxygens (including phenoxy) is 4. The average Bonchev–Trinajstić information content (AvgIpc) is 4.16. The number of nitrogens with zero attached hydrogens (tertiary/aromatic N) is 12. The van der Waals surface area contributed by atoms with Crippen LogP contribution in [0.15, 0.2) is 73.8 Å². The van der Waals surface area contributed by atoms with E-state index in [2.05, 4.69) is 163 Å². The molecule has 17 heteroatoms.